The number of hydrogen-bond acceptors (Lipinski definition) is 4. The van der Waals surface area contributed by atoms with Gasteiger partial charge in [-0.15, -0.1) is 0 Å². The number of ether oxygens (including phenoxy) is 2. The smallest absolute Gasteiger partial charge is 0.233 e. The summed E-state index contributed by atoms with van der Waals surface area (Å²) in [5, 5.41) is 5.76. The van der Waals surface area contributed by atoms with Crippen LogP contribution in [0.2, 0.25) is 5.02 Å². The molecule has 0 bridgehead atoms. The first-order chi connectivity index (χ1) is 13.0. The van der Waals surface area contributed by atoms with E-state index in [-0.39, 0.29) is 12.3 Å². The zero-order valence-corrected chi connectivity index (χ0v) is 16.1. The van der Waals surface area contributed by atoms with Crippen molar-refractivity contribution in [2.45, 2.75) is 19.3 Å². The molecule has 0 aliphatic carbocycles. The molecular weight excluding hydrogens is 368 g/mol. The highest BCUT2D eigenvalue weighted by atomic mass is 35.5. The van der Waals surface area contributed by atoms with Crippen LogP contribution in [0.4, 0.5) is 5.69 Å². The predicted octanol–water partition coefficient (Wildman–Crippen LogP) is 3.43. The third-order valence-electron chi connectivity index (χ3n) is 3.88. The zero-order chi connectivity index (χ0) is 19.6. The van der Waals surface area contributed by atoms with Crippen molar-refractivity contribution in [1.82, 2.24) is 5.32 Å². The quantitative estimate of drug-likeness (QED) is 0.508. The van der Waals surface area contributed by atoms with E-state index < -0.39 is 5.91 Å². The number of halogens is 1. The second-order valence-corrected chi connectivity index (χ2v) is 6.26. The number of benzene rings is 2. The van der Waals surface area contributed by atoms with Gasteiger partial charge in [-0.1, -0.05) is 41.9 Å². The van der Waals surface area contributed by atoms with Crippen LogP contribution >= 0.6 is 11.6 Å². The summed E-state index contributed by atoms with van der Waals surface area (Å²) in [6, 6.07) is 13.1. The summed E-state index contributed by atoms with van der Waals surface area (Å²) in [7, 11) is 2.94. The maximum Gasteiger partial charge on any atom is 0.233 e. The normalized spacial score (nSPS) is 10.2. The van der Waals surface area contributed by atoms with Gasteiger partial charge in [-0.05, 0) is 18.4 Å². The molecule has 27 heavy (non-hydrogen) atoms. The average Bonchev–Trinajstić information content (AvgIpc) is 2.67. The SMILES string of the molecule is COc1cc(NC(=O)CC(=O)NCCCc2ccccc2)c(OC)cc1Cl. The van der Waals surface area contributed by atoms with Gasteiger partial charge in [0.1, 0.15) is 17.9 Å². The van der Waals surface area contributed by atoms with Gasteiger partial charge in [0, 0.05) is 18.7 Å². The molecule has 0 atom stereocenters. The molecule has 2 rings (SSSR count). The summed E-state index contributed by atoms with van der Waals surface area (Å²) < 4.78 is 10.3. The standard InChI is InChI=1S/C20H23ClN2O4/c1-26-17-12-16(18(27-2)11-15(17)21)23-20(25)13-19(24)22-10-6-9-14-7-4-3-5-8-14/h3-5,7-8,11-12H,6,9-10,13H2,1-2H3,(H,22,24)(H,23,25). The Balaban J connectivity index is 1.80. The van der Waals surface area contributed by atoms with Crippen LogP contribution in [-0.4, -0.2) is 32.6 Å². The number of carbonyl (C=O) groups is 2. The van der Waals surface area contributed by atoms with E-state index in [1.54, 1.807) is 12.1 Å². The topological polar surface area (TPSA) is 76.7 Å². The van der Waals surface area contributed by atoms with E-state index in [0.29, 0.717) is 28.8 Å². The molecule has 0 radical (unpaired) electrons. The minimum Gasteiger partial charge on any atom is -0.495 e. The lowest BCUT2D eigenvalue weighted by Gasteiger charge is -2.13. The number of hydrogen-bond donors (Lipinski definition) is 2. The summed E-state index contributed by atoms with van der Waals surface area (Å²) in [6.07, 6.45) is 1.40. The van der Waals surface area contributed by atoms with Crippen molar-refractivity contribution in [3.05, 3.63) is 53.1 Å². The maximum atomic E-state index is 12.1. The number of amides is 2. The number of aryl methyl sites for hydroxylation is 1. The van der Waals surface area contributed by atoms with Gasteiger partial charge in [0.05, 0.1) is 24.9 Å². The Bertz CT molecular complexity index is 781. The summed E-state index contributed by atoms with van der Waals surface area (Å²) in [5.41, 5.74) is 1.61. The lowest BCUT2D eigenvalue weighted by atomic mass is 10.1. The summed E-state index contributed by atoms with van der Waals surface area (Å²) in [4.78, 5) is 24.1. The fourth-order valence-electron chi connectivity index (χ4n) is 2.53. The summed E-state index contributed by atoms with van der Waals surface area (Å²) >= 11 is 6.03. The van der Waals surface area contributed by atoms with Gasteiger partial charge in [-0.2, -0.15) is 0 Å². The van der Waals surface area contributed by atoms with E-state index in [2.05, 4.69) is 10.6 Å². The van der Waals surface area contributed by atoms with Gasteiger partial charge < -0.3 is 20.1 Å². The molecule has 6 nitrogen and oxygen atoms in total. The van der Waals surface area contributed by atoms with Crippen LogP contribution in [0.3, 0.4) is 0 Å². The molecule has 0 fully saturated rings. The van der Waals surface area contributed by atoms with E-state index in [9.17, 15) is 9.59 Å². The zero-order valence-electron chi connectivity index (χ0n) is 15.4. The third-order valence-corrected chi connectivity index (χ3v) is 4.17. The van der Waals surface area contributed by atoms with Crippen molar-refractivity contribution in [1.29, 1.82) is 0 Å². The summed E-state index contributed by atoms with van der Waals surface area (Å²) in [6.45, 7) is 0.513. The van der Waals surface area contributed by atoms with Gasteiger partial charge in [0.25, 0.3) is 0 Å². The molecule has 2 aromatic rings. The van der Waals surface area contributed by atoms with Gasteiger partial charge in [-0.3, -0.25) is 9.59 Å². The molecule has 144 valence electrons. The molecule has 0 spiro atoms. The molecule has 0 aliphatic rings. The Kier molecular flexibility index (Phi) is 7.95. The molecule has 0 saturated carbocycles. The van der Waals surface area contributed by atoms with Crippen LogP contribution < -0.4 is 20.1 Å². The van der Waals surface area contributed by atoms with Crippen molar-refractivity contribution in [2.24, 2.45) is 0 Å². The van der Waals surface area contributed by atoms with Gasteiger partial charge in [-0.25, -0.2) is 0 Å². The lowest BCUT2D eigenvalue weighted by Crippen LogP contribution is -2.29. The Labute approximate surface area is 163 Å². The highest BCUT2D eigenvalue weighted by molar-refractivity contribution is 6.32. The van der Waals surface area contributed by atoms with E-state index in [4.69, 9.17) is 21.1 Å². The Morgan fingerprint density at radius 1 is 1.00 bits per heavy atom. The highest BCUT2D eigenvalue weighted by Gasteiger charge is 2.14. The fraction of sp³-hybridized carbons (Fsp3) is 0.300. The molecule has 2 N–H and O–H groups in total. The third kappa shape index (κ3) is 6.49. The van der Waals surface area contributed by atoms with Crippen LogP contribution in [0.1, 0.15) is 18.4 Å². The predicted molar refractivity (Wildman–Crippen MR) is 106 cm³/mol. The second-order valence-electron chi connectivity index (χ2n) is 5.85. The molecule has 7 heteroatoms. The van der Waals surface area contributed by atoms with Gasteiger partial charge in [0.15, 0.2) is 0 Å². The Morgan fingerprint density at radius 3 is 2.37 bits per heavy atom. The first-order valence-corrected chi connectivity index (χ1v) is 8.93. The van der Waals surface area contributed by atoms with Crippen LogP contribution in [-0.2, 0) is 16.0 Å². The molecule has 0 unspecified atom stereocenters. The fourth-order valence-corrected chi connectivity index (χ4v) is 2.76. The van der Waals surface area contributed by atoms with E-state index >= 15 is 0 Å². The van der Waals surface area contributed by atoms with E-state index in [0.717, 1.165) is 12.8 Å². The van der Waals surface area contributed by atoms with Crippen molar-refractivity contribution in [3.63, 3.8) is 0 Å². The number of carbonyl (C=O) groups excluding carboxylic acids is 2. The monoisotopic (exact) mass is 390 g/mol. The van der Waals surface area contributed by atoms with Crippen LogP contribution in [0.15, 0.2) is 42.5 Å². The molecular formula is C20H23ClN2O4. The van der Waals surface area contributed by atoms with Crippen molar-refractivity contribution < 1.29 is 19.1 Å². The molecule has 0 aliphatic heterocycles. The first-order valence-electron chi connectivity index (χ1n) is 8.55. The molecule has 0 aromatic heterocycles. The van der Waals surface area contributed by atoms with E-state index in [1.165, 1.54) is 19.8 Å². The summed E-state index contributed by atoms with van der Waals surface area (Å²) in [5.74, 6) is 0.00856. The van der Waals surface area contributed by atoms with Gasteiger partial charge >= 0.3 is 0 Å². The molecule has 0 heterocycles. The van der Waals surface area contributed by atoms with Gasteiger partial charge in [0.2, 0.25) is 11.8 Å². The van der Waals surface area contributed by atoms with Crippen LogP contribution in [0.5, 0.6) is 11.5 Å². The minimum atomic E-state index is -0.446. The maximum absolute atomic E-state index is 12.1. The van der Waals surface area contributed by atoms with Crippen molar-refractivity contribution in [3.8, 4) is 11.5 Å². The van der Waals surface area contributed by atoms with Crippen molar-refractivity contribution in [2.75, 3.05) is 26.1 Å². The van der Waals surface area contributed by atoms with Crippen LogP contribution in [0.25, 0.3) is 0 Å². The average molecular weight is 391 g/mol. The Hall–Kier alpha value is -2.73. The highest BCUT2D eigenvalue weighted by Crippen LogP contribution is 2.35. The van der Waals surface area contributed by atoms with Crippen molar-refractivity contribution >= 4 is 29.1 Å². The van der Waals surface area contributed by atoms with Crippen LogP contribution in [0, 0.1) is 0 Å². The first kappa shape index (κ1) is 20.6. The molecule has 0 saturated heterocycles. The number of rotatable bonds is 9. The van der Waals surface area contributed by atoms with E-state index in [1.807, 2.05) is 30.3 Å². The molecule has 2 amide bonds. The molecule has 2 aromatic carbocycles. The number of anilines is 1. The number of methoxy groups -OCH3 is 2. The Morgan fingerprint density at radius 2 is 1.70 bits per heavy atom. The second kappa shape index (κ2) is 10.4. The lowest BCUT2D eigenvalue weighted by molar-refractivity contribution is -0.126. The largest absolute Gasteiger partial charge is 0.495 e. The minimum absolute atomic E-state index is 0.278. The number of nitrogens with one attached hydrogen (secondary N) is 2.